The van der Waals surface area contributed by atoms with Gasteiger partial charge in [-0.2, -0.15) is 0 Å². The lowest BCUT2D eigenvalue weighted by molar-refractivity contribution is -0.129. The van der Waals surface area contributed by atoms with Gasteiger partial charge in [0.05, 0.1) is 17.1 Å². The first-order chi connectivity index (χ1) is 9.47. The van der Waals surface area contributed by atoms with Gasteiger partial charge >= 0.3 is 0 Å². The minimum atomic E-state index is -0.401. The first-order valence-corrected chi connectivity index (χ1v) is 7.31. The second-order valence-electron chi connectivity index (χ2n) is 4.48. The van der Waals surface area contributed by atoms with Crippen molar-refractivity contribution in [2.24, 2.45) is 0 Å². The number of amides is 1. The van der Waals surface area contributed by atoms with Crippen LogP contribution in [0.3, 0.4) is 0 Å². The molecule has 0 aliphatic rings. The molecule has 0 bridgehead atoms. The molecular formula is C14H14ClFN2OS. The summed E-state index contributed by atoms with van der Waals surface area (Å²) in [6, 6.07) is 4.49. The summed E-state index contributed by atoms with van der Waals surface area (Å²) in [4.78, 5) is 17.8. The van der Waals surface area contributed by atoms with Crippen LogP contribution in [0.1, 0.15) is 16.3 Å². The lowest BCUT2D eigenvalue weighted by Crippen LogP contribution is -2.28. The Morgan fingerprint density at radius 3 is 2.85 bits per heavy atom. The van der Waals surface area contributed by atoms with Gasteiger partial charge in [0, 0.05) is 29.6 Å². The minimum Gasteiger partial charge on any atom is -0.341 e. The van der Waals surface area contributed by atoms with Gasteiger partial charge in [0.1, 0.15) is 5.82 Å². The fourth-order valence-electron chi connectivity index (χ4n) is 1.79. The predicted molar refractivity (Wildman–Crippen MR) is 78.4 cm³/mol. The van der Waals surface area contributed by atoms with Gasteiger partial charge in [-0.15, -0.1) is 11.3 Å². The molecular weight excluding hydrogens is 299 g/mol. The number of aryl methyl sites for hydroxylation is 1. The van der Waals surface area contributed by atoms with Crippen molar-refractivity contribution in [2.75, 3.05) is 7.05 Å². The van der Waals surface area contributed by atoms with Crippen LogP contribution in [-0.4, -0.2) is 22.8 Å². The maximum atomic E-state index is 13.7. The monoisotopic (exact) mass is 312 g/mol. The number of carbonyl (C=O) groups is 1. The van der Waals surface area contributed by atoms with Gasteiger partial charge in [0.25, 0.3) is 0 Å². The van der Waals surface area contributed by atoms with Gasteiger partial charge in [-0.25, -0.2) is 9.37 Å². The second-order valence-corrected chi connectivity index (χ2v) is 5.95. The van der Waals surface area contributed by atoms with E-state index in [9.17, 15) is 9.18 Å². The van der Waals surface area contributed by atoms with Gasteiger partial charge in [-0.3, -0.25) is 4.79 Å². The molecule has 1 aromatic heterocycles. The SMILES string of the molecule is Cc1nc(CC(=O)N(C)Cc2c(F)cccc2Cl)cs1. The number of halogens is 2. The van der Waals surface area contributed by atoms with Crippen molar-refractivity contribution in [3.8, 4) is 0 Å². The second kappa shape index (κ2) is 6.33. The van der Waals surface area contributed by atoms with Crippen LogP contribution in [0.4, 0.5) is 4.39 Å². The third kappa shape index (κ3) is 3.55. The van der Waals surface area contributed by atoms with E-state index in [2.05, 4.69) is 4.98 Å². The molecule has 6 heteroatoms. The zero-order valence-corrected chi connectivity index (χ0v) is 12.8. The average Bonchev–Trinajstić information content (AvgIpc) is 2.79. The largest absolute Gasteiger partial charge is 0.341 e. The molecule has 1 heterocycles. The number of carbonyl (C=O) groups excluding carboxylic acids is 1. The Morgan fingerprint density at radius 2 is 2.25 bits per heavy atom. The summed E-state index contributed by atoms with van der Waals surface area (Å²) >= 11 is 7.46. The molecule has 0 saturated heterocycles. The molecule has 3 nitrogen and oxygen atoms in total. The molecule has 2 aromatic rings. The molecule has 0 fully saturated rings. The first-order valence-electron chi connectivity index (χ1n) is 6.05. The van der Waals surface area contributed by atoms with Crippen molar-refractivity contribution in [2.45, 2.75) is 19.9 Å². The number of benzene rings is 1. The summed E-state index contributed by atoms with van der Waals surface area (Å²) in [6.45, 7) is 2.04. The Bertz CT molecular complexity index is 609. The molecule has 0 aliphatic carbocycles. The van der Waals surface area contributed by atoms with Crippen LogP contribution < -0.4 is 0 Å². The number of hydrogen-bond acceptors (Lipinski definition) is 3. The van der Waals surface area contributed by atoms with E-state index in [0.717, 1.165) is 10.7 Å². The summed E-state index contributed by atoms with van der Waals surface area (Å²) in [6.07, 6.45) is 0.215. The number of nitrogens with zero attached hydrogens (tertiary/aromatic N) is 2. The van der Waals surface area contributed by atoms with E-state index < -0.39 is 5.82 Å². The normalized spacial score (nSPS) is 10.6. The summed E-state index contributed by atoms with van der Waals surface area (Å²) in [5, 5.41) is 3.11. The van der Waals surface area contributed by atoms with Crippen molar-refractivity contribution < 1.29 is 9.18 Å². The van der Waals surface area contributed by atoms with Crippen LogP contribution in [0.15, 0.2) is 23.6 Å². The van der Waals surface area contributed by atoms with Crippen molar-refractivity contribution in [1.29, 1.82) is 0 Å². The van der Waals surface area contributed by atoms with Crippen molar-refractivity contribution >= 4 is 28.8 Å². The van der Waals surface area contributed by atoms with E-state index in [-0.39, 0.29) is 18.9 Å². The zero-order chi connectivity index (χ0) is 14.7. The average molecular weight is 313 g/mol. The van der Waals surface area contributed by atoms with E-state index in [1.54, 1.807) is 19.2 Å². The highest BCUT2D eigenvalue weighted by molar-refractivity contribution is 7.09. The van der Waals surface area contributed by atoms with E-state index >= 15 is 0 Å². The first kappa shape index (κ1) is 14.9. The molecule has 0 spiro atoms. The third-order valence-electron chi connectivity index (χ3n) is 2.88. The van der Waals surface area contributed by atoms with Crippen molar-refractivity contribution in [3.63, 3.8) is 0 Å². The van der Waals surface area contributed by atoms with Gasteiger partial charge in [0.15, 0.2) is 0 Å². The summed E-state index contributed by atoms with van der Waals surface area (Å²) in [7, 11) is 1.63. The molecule has 0 atom stereocenters. The Balaban J connectivity index is 2.04. The van der Waals surface area contributed by atoms with Gasteiger partial charge in [0.2, 0.25) is 5.91 Å². The summed E-state index contributed by atoms with van der Waals surface area (Å²) in [5.41, 5.74) is 1.07. The molecule has 2 rings (SSSR count). The number of thiazole rings is 1. The van der Waals surface area contributed by atoms with Crippen LogP contribution in [-0.2, 0) is 17.8 Å². The number of hydrogen-bond donors (Lipinski definition) is 0. The molecule has 0 saturated carbocycles. The van der Waals surface area contributed by atoms with E-state index in [4.69, 9.17) is 11.6 Å². The highest BCUT2D eigenvalue weighted by Crippen LogP contribution is 2.20. The number of rotatable bonds is 4. The van der Waals surface area contributed by atoms with Crippen LogP contribution in [0.5, 0.6) is 0 Å². The van der Waals surface area contributed by atoms with Crippen LogP contribution >= 0.6 is 22.9 Å². The molecule has 0 unspecified atom stereocenters. The topological polar surface area (TPSA) is 33.2 Å². The standard InChI is InChI=1S/C14H14ClFN2OS/c1-9-17-10(8-20-9)6-14(19)18(2)7-11-12(15)4-3-5-13(11)16/h3-5,8H,6-7H2,1-2H3. The lowest BCUT2D eigenvalue weighted by Gasteiger charge is -2.18. The highest BCUT2D eigenvalue weighted by Gasteiger charge is 2.15. The molecule has 20 heavy (non-hydrogen) atoms. The Kier molecular flexibility index (Phi) is 4.73. The molecule has 0 N–H and O–H groups in total. The van der Waals surface area contributed by atoms with Crippen molar-refractivity contribution in [3.05, 3.63) is 50.7 Å². The van der Waals surface area contributed by atoms with Gasteiger partial charge in [-0.05, 0) is 19.1 Å². The predicted octanol–water partition coefficient (Wildman–Crippen LogP) is 3.45. The molecule has 0 radical (unpaired) electrons. The highest BCUT2D eigenvalue weighted by atomic mass is 35.5. The van der Waals surface area contributed by atoms with E-state index in [1.807, 2.05) is 12.3 Å². The third-order valence-corrected chi connectivity index (χ3v) is 4.06. The Hall–Kier alpha value is -1.46. The lowest BCUT2D eigenvalue weighted by atomic mass is 10.2. The molecule has 0 aliphatic heterocycles. The van der Waals surface area contributed by atoms with E-state index in [0.29, 0.717) is 10.6 Å². The smallest absolute Gasteiger partial charge is 0.228 e. The van der Waals surface area contributed by atoms with Crippen LogP contribution in [0, 0.1) is 12.7 Å². The van der Waals surface area contributed by atoms with Gasteiger partial charge in [-0.1, -0.05) is 17.7 Å². The maximum Gasteiger partial charge on any atom is 0.228 e. The minimum absolute atomic E-state index is 0.116. The van der Waals surface area contributed by atoms with Crippen LogP contribution in [0.25, 0.3) is 0 Å². The zero-order valence-electron chi connectivity index (χ0n) is 11.2. The van der Waals surface area contributed by atoms with Crippen molar-refractivity contribution in [1.82, 2.24) is 9.88 Å². The fraction of sp³-hybridized carbons (Fsp3) is 0.286. The number of likely N-dealkylation sites (N-methyl/N-ethyl adjacent to an activating group) is 1. The number of aromatic nitrogens is 1. The van der Waals surface area contributed by atoms with Gasteiger partial charge < -0.3 is 4.90 Å². The fourth-order valence-corrected chi connectivity index (χ4v) is 2.62. The quantitative estimate of drug-likeness (QED) is 0.866. The molecule has 106 valence electrons. The summed E-state index contributed by atoms with van der Waals surface area (Å²) in [5.74, 6) is -0.517. The molecule has 1 aromatic carbocycles. The van der Waals surface area contributed by atoms with Crippen LogP contribution in [0.2, 0.25) is 5.02 Å². The van der Waals surface area contributed by atoms with E-state index in [1.165, 1.54) is 22.3 Å². The Morgan fingerprint density at radius 1 is 1.50 bits per heavy atom. The maximum absolute atomic E-state index is 13.7. The summed E-state index contributed by atoms with van der Waals surface area (Å²) < 4.78 is 13.7. The molecule has 1 amide bonds. The Labute approximate surface area is 126 Å².